The van der Waals surface area contributed by atoms with Gasteiger partial charge in [0.1, 0.15) is 12.3 Å². The molecule has 36 heavy (non-hydrogen) atoms. The Kier molecular flexibility index (Phi) is 11.9. The molecule has 1 aliphatic rings. The number of aromatic nitrogens is 1. The Bertz CT molecular complexity index is 1110. The summed E-state index contributed by atoms with van der Waals surface area (Å²) < 4.78 is 52.1. The number of nitrogens with one attached hydrogen (secondary N) is 1. The number of nitrogens with zero attached hydrogens (tertiary/aromatic N) is 1. The van der Waals surface area contributed by atoms with Gasteiger partial charge < -0.3 is 34.7 Å². The van der Waals surface area contributed by atoms with Crippen LogP contribution in [0.1, 0.15) is 25.5 Å². The smallest absolute Gasteiger partial charge is 0.390 e. The van der Waals surface area contributed by atoms with Crippen molar-refractivity contribution in [1.29, 1.82) is 0 Å². The molecular weight excluding hydrogens is 589 g/mol. The van der Waals surface area contributed by atoms with Crippen LogP contribution >= 0.6 is 45.1 Å². The third-order valence-electron chi connectivity index (χ3n) is 4.31. The highest BCUT2D eigenvalue weighted by atomic mass is 33.1. The predicted octanol–water partition coefficient (Wildman–Crippen LogP) is 1.57. The minimum Gasteiger partial charge on any atom is -0.390 e. The van der Waals surface area contributed by atoms with E-state index < -0.39 is 54.1 Å². The van der Waals surface area contributed by atoms with E-state index in [0.29, 0.717) is 6.42 Å². The Morgan fingerprint density at radius 1 is 1.22 bits per heavy atom. The monoisotopic (exact) mass is 614 g/mol. The summed E-state index contributed by atoms with van der Waals surface area (Å²) >= 11 is 0. The van der Waals surface area contributed by atoms with E-state index in [9.17, 15) is 33.3 Å². The quantitative estimate of drug-likeness (QED) is 0.0990. The number of pyridine rings is 1. The molecule has 1 aromatic rings. The van der Waals surface area contributed by atoms with Crippen LogP contribution in [0.15, 0.2) is 23.1 Å². The molecule has 16 nitrogen and oxygen atoms in total. The molecule has 1 aromatic heterocycles. The minimum absolute atomic E-state index is 0.136. The zero-order valence-corrected chi connectivity index (χ0v) is 22.8. The summed E-state index contributed by atoms with van der Waals surface area (Å²) in [6.45, 7) is -0.862. The van der Waals surface area contributed by atoms with Crippen molar-refractivity contribution in [3.63, 3.8) is 0 Å². The third-order valence-corrected chi connectivity index (χ3v) is 10.0. The Labute approximate surface area is 212 Å². The Morgan fingerprint density at radius 2 is 1.92 bits per heavy atom. The van der Waals surface area contributed by atoms with Crippen LogP contribution in [0.4, 0.5) is 5.69 Å². The zero-order valence-electron chi connectivity index (χ0n) is 18.5. The number of hydrogen-bond acceptors (Lipinski definition) is 12. The Morgan fingerprint density at radius 3 is 2.53 bits per heavy atom. The number of carbonyl (C=O) groups excluding carboxylic acids is 1. The van der Waals surface area contributed by atoms with Crippen molar-refractivity contribution in [3.05, 3.63) is 28.7 Å². The lowest BCUT2D eigenvalue weighted by Crippen LogP contribution is -2.27. The highest BCUT2D eigenvalue weighted by Crippen LogP contribution is 2.66. The van der Waals surface area contributed by atoms with Gasteiger partial charge in [-0.2, -0.15) is 8.62 Å². The lowest BCUT2D eigenvalue weighted by atomic mass is 10.2. The van der Waals surface area contributed by atoms with Crippen LogP contribution < -0.4 is 10.9 Å². The second-order valence-electron chi connectivity index (χ2n) is 7.12. The number of anilines is 1. The topological polar surface area (TPSA) is 240 Å². The second-order valence-corrected chi connectivity index (χ2v) is 14.2. The molecule has 0 saturated carbocycles. The van der Waals surface area contributed by atoms with Crippen molar-refractivity contribution in [2.75, 3.05) is 23.9 Å². The molecule has 21 heteroatoms. The fourth-order valence-electron chi connectivity index (χ4n) is 2.91. The lowest BCUT2D eigenvalue weighted by Gasteiger charge is -2.19. The van der Waals surface area contributed by atoms with E-state index in [4.69, 9.17) is 19.4 Å². The van der Waals surface area contributed by atoms with E-state index in [0.717, 1.165) is 16.4 Å². The number of amides is 1. The van der Waals surface area contributed by atoms with Crippen molar-refractivity contribution in [2.45, 2.75) is 37.7 Å². The van der Waals surface area contributed by atoms with E-state index in [-0.39, 0.29) is 24.4 Å². The molecule has 2 heterocycles. The predicted molar refractivity (Wildman–Crippen MR) is 129 cm³/mol. The molecular formula is C15H25N2O14P3S2. The van der Waals surface area contributed by atoms with Crippen molar-refractivity contribution >= 4 is 56.7 Å². The molecule has 0 aromatic carbocycles. The SMILES string of the molecule is CSSCCCC(=O)Nc1ccn([C@H]2C[C@@H](O)[C@@H](COP(=O)(O)OP(=O)(O)OP(=O)(O)O)O2)c(=O)c1. The van der Waals surface area contributed by atoms with Gasteiger partial charge in [0.15, 0.2) is 0 Å². The molecule has 1 amide bonds. The summed E-state index contributed by atoms with van der Waals surface area (Å²) in [5.41, 5.74) is -0.307. The molecule has 2 rings (SSSR count). The van der Waals surface area contributed by atoms with Gasteiger partial charge in [-0.1, -0.05) is 21.6 Å². The van der Waals surface area contributed by atoms with Crippen LogP contribution in [0.5, 0.6) is 0 Å². The number of carbonyl (C=O) groups is 1. The molecule has 206 valence electrons. The molecule has 0 spiro atoms. The maximum atomic E-state index is 12.5. The molecule has 1 fully saturated rings. The largest absolute Gasteiger partial charge is 0.490 e. The number of phosphoric acid groups is 3. The highest BCUT2D eigenvalue weighted by molar-refractivity contribution is 8.76. The lowest BCUT2D eigenvalue weighted by molar-refractivity contribution is -0.116. The summed E-state index contributed by atoms with van der Waals surface area (Å²) in [6.07, 6.45) is 0.474. The van der Waals surface area contributed by atoms with Gasteiger partial charge in [0, 0.05) is 36.5 Å². The fourth-order valence-corrected chi connectivity index (χ4v) is 7.22. The minimum atomic E-state index is -5.69. The van der Waals surface area contributed by atoms with Gasteiger partial charge in [0.2, 0.25) is 5.91 Å². The van der Waals surface area contributed by atoms with Gasteiger partial charge in [-0.15, -0.1) is 0 Å². The van der Waals surface area contributed by atoms with E-state index in [1.807, 2.05) is 6.26 Å². The summed E-state index contributed by atoms with van der Waals surface area (Å²) in [6, 6.07) is 2.61. The van der Waals surface area contributed by atoms with Gasteiger partial charge in [-0.25, -0.2) is 13.7 Å². The van der Waals surface area contributed by atoms with Gasteiger partial charge >= 0.3 is 23.5 Å². The summed E-state index contributed by atoms with van der Waals surface area (Å²) in [4.78, 5) is 60.2. The first kappa shape index (κ1) is 31.7. The molecule has 0 aliphatic carbocycles. The van der Waals surface area contributed by atoms with Gasteiger partial charge in [0.05, 0.1) is 12.7 Å². The number of phosphoric ester groups is 1. The van der Waals surface area contributed by atoms with Gasteiger partial charge in [0.25, 0.3) is 5.56 Å². The van der Waals surface area contributed by atoms with Crippen LogP contribution in [0.25, 0.3) is 0 Å². The van der Waals surface area contributed by atoms with Crippen LogP contribution in [-0.4, -0.2) is 66.0 Å². The van der Waals surface area contributed by atoms with Crippen LogP contribution in [0.3, 0.4) is 0 Å². The first-order chi connectivity index (χ1) is 16.6. The molecule has 0 radical (unpaired) electrons. The number of ether oxygens (including phenoxy) is 1. The van der Waals surface area contributed by atoms with Crippen LogP contribution in [0, 0.1) is 0 Å². The average molecular weight is 614 g/mol. The van der Waals surface area contributed by atoms with Crippen LogP contribution in [0.2, 0.25) is 0 Å². The third kappa shape index (κ3) is 11.1. The standard InChI is InChI=1S/C15H25N2O14P3S2/c1-35-36-6-2-3-13(19)16-10-4-5-17(14(20)7-10)15-8-11(18)12(29-15)9-28-33(24,25)31-34(26,27)30-32(21,22)23/h4-5,7,11-12,15,18H,2-3,6,8-9H2,1H3,(H,16,19)(H,24,25)(H,26,27)(H2,21,22,23)/t11-,12-,15-/m1/s1. The molecule has 6 N–H and O–H groups in total. The maximum Gasteiger partial charge on any atom is 0.490 e. The molecule has 0 bridgehead atoms. The van der Waals surface area contributed by atoms with E-state index in [1.54, 1.807) is 21.6 Å². The van der Waals surface area contributed by atoms with E-state index >= 15 is 0 Å². The first-order valence-corrected chi connectivity index (χ1v) is 17.2. The molecule has 1 saturated heterocycles. The normalized spacial score (nSPS) is 23.7. The number of hydrogen-bond donors (Lipinski definition) is 6. The zero-order chi connectivity index (χ0) is 27.1. The van der Waals surface area contributed by atoms with Crippen LogP contribution in [-0.2, 0) is 36.4 Å². The molecule has 1 aliphatic heterocycles. The fraction of sp³-hybridized carbons (Fsp3) is 0.600. The summed E-state index contributed by atoms with van der Waals surface area (Å²) in [5, 5.41) is 12.8. The number of rotatable bonds is 14. The molecule has 2 unspecified atom stereocenters. The van der Waals surface area contributed by atoms with Crippen molar-refractivity contribution in [3.8, 4) is 0 Å². The molecule has 5 atom stereocenters. The van der Waals surface area contributed by atoms with Crippen molar-refractivity contribution in [2.24, 2.45) is 0 Å². The highest BCUT2D eigenvalue weighted by Gasteiger charge is 2.42. The number of aliphatic hydroxyl groups excluding tert-OH is 1. The summed E-state index contributed by atoms with van der Waals surface area (Å²) in [5.74, 6) is 0.550. The summed E-state index contributed by atoms with van der Waals surface area (Å²) in [7, 11) is -13.4. The van der Waals surface area contributed by atoms with Crippen molar-refractivity contribution in [1.82, 2.24) is 4.57 Å². The van der Waals surface area contributed by atoms with E-state index in [1.165, 1.54) is 12.3 Å². The van der Waals surface area contributed by atoms with E-state index in [2.05, 4.69) is 18.5 Å². The van der Waals surface area contributed by atoms with Crippen molar-refractivity contribution < 1.29 is 61.1 Å². The Hall–Kier alpha value is -0.550. The Balaban J connectivity index is 1.93. The first-order valence-electron chi connectivity index (χ1n) is 9.90. The average Bonchev–Trinajstić information content (AvgIpc) is 3.07. The van der Waals surface area contributed by atoms with Gasteiger partial charge in [-0.3, -0.25) is 18.7 Å². The second kappa shape index (κ2) is 13.5. The number of aliphatic hydroxyl groups is 1. The maximum absolute atomic E-state index is 12.5. The van der Waals surface area contributed by atoms with Gasteiger partial charge in [-0.05, 0) is 18.7 Å².